The number of benzene rings is 3. The van der Waals surface area contributed by atoms with Gasteiger partial charge in [0.25, 0.3) is 0 Å². The van der Waals surface area contributed by atoms with Crippen LogP contribution in [0.25, 0.3) is 0 Å². The zero-order valence-electron chi connectivity index (χ0n) is 21.5. The first kappa shape index (κ1) is 29.4. The van der Waals surface area contributed by atoms with Crippen LogP contribution in [0.1, 0.15) is 47.9 Å². The molecule has 2 aliphatic rings. The Morgan fingerprint density at radius 3 is 2.22 bits per heavy atom. The Hall–Kier alpha value is -2.11. The van der Waals surface area contributed by atoms with Crippen LogP contribution in [0.15, 0.2) is 72.8 Å². The fourth-order valence-electron chi connectivity index (χ4n) is 5.50. The zero-order chi connectivity index (χ0) is 23.9. The standard InChI is InChI=1S/C31H37FN2O.2ClH/c32-30-11-8-27(9-12-30)23-34-17-4-7-28-10-13-31(21-29(28)24-34)35-20-16-25-14-18-33(19-15-25)22-26-5-2-1-3-6-26;;/h1-3,5-6,8-13,21,25H,4,7,14-20,22-24H2;2*1H. The van der Waals surface area contributed by atoms with Crippen molar-refractivity contribution in [3.05, 3.63) is 101 Å². The van der Waals surface area contributed by atoms with Gasteiger partial charge in [-0.05, 0) is 104 Å². The molecule has 0 aromatic heterocycles. The molecular formula is C31H39Cl2FN2O. The average molecular weight is 546 g/mol. The number of rotatable bonds is 8. The summed E-state index contributed by atoms with van der Waals surface area (Å²) in [6.07, 6.45) is 5.92. The molecule has 200 valence electrons. The molecular weight excluding hydrogens is 506 g/mol. The van der Waals surface area contributed by atoms with E-state index < -0.39 is 0 Å². The molecule has 1 saturated heterocycles. The Morgan fingerprint density at radius 1 is 0.757 bits per heavy atom. The summed E-state index contributed by atoms with van der Waals surface area (Å²) < 4.78 is 19.5. The van der Waals surface area contributed by atoms with E-state index in [2.05, 4.69) is 58.3 Å². The summed E-state index contributed by atoms with van der Waals surface area (Å²) in [4.78, 5) is 5.04. The first-order valence-corrected chi connectivity index (χ1v) is 13.2. The van der Waals surface area contributed by atoms with Gasteiger partial charge in [0.2, 0.25) is 0 Å². The van der Waals surface area contributed by atoms with Crippen LogP contribution < -0.4 is 4.74 Å². The summed E-state index contributed by atoms with van der Waals surface area (Å²) in [7, 11) is 0. The minimum Gasteiger partial charge on any atom is -0.494 e. The van der Waals surface area contributed by atoms with Gasteiger partial charge in [-0.15, -0.1) is 24.8 Å². The van der Waals surface area contributed by atoms with Crippen LogP contribution in [0.5, 0.6) is 5.75 Å². The molecule has 0 N–H and O–H groups in total. The van der Waals surface area contributed by atoms with Crippen molar-refractivity contribution in [1.29, 1.82) is 0 Å². The van der Waals surface area contributed by atoms with E-state index in [4.69, 9.17) is 4.74 Å². The van der Waals surface area contributed by atoms with Gasteiger partial charge in [-0.25, -0.2) is 4.39 Å². The number of halogens is 3. The molecule has 0 bridgehead atoms. The highest BCUT2D eigenvalue weighted by Crippen LogP contribution is 2.26. The van der Waals surface area contributed by atoms with E-state index in [1.807, 2.05) is 12.1 Å². The Labute approximate surface area is 233 Å². The highest BCUT2D eigenvalue weighted by atomic mass is 35.5. The maximum atomic E-state index is 13.3. The van der Waals surface area contributed by atoms with Gasteiger partial charge in [-0.2, -0.15) is 0 Å². The Bertz CT molecular complexity index is 1070. The molecule has 0 atom stereocenters. The summed E-state index contributed by atoms with van der Waals surface area (Å²) in [6, 6.07) is 24.4. The summed E-state index contributed by atoms with van der Waals surface area (Å²) >= 11 is 0. The van der Waals surface area contributed by atoms with E-state index in [0.29, 0.717) is 0 Å². The number of aryl methyl sites for hydroxylation is 1. The van der Waals surface area contributed by atoms with Gasteiger partial charge in [0, 0.05) is 19.6 Å². The molecule has 0 radical (unpaired) electrons. The molecule has 0 unspecified atom stereocenters. The quantitative estimate of drug-likeness (QED) is 0.296. The van der Waals surface area contributed by atoms with E-state index >= 15 is 0 Å². The van der Waals surface area contributed by atoms with Gasteiger partial charge in [-0.1, -0.05) is 48.5 Å². The van der Waals surface area contributed by atoms with Crippen LogP contribution in [0, 0.1) is 11.7 Å². The minimum atomic E-state index is -0.172. The van der Waals surface area contributed by atoms with Crippen molar-refractivity contribution in [2.24, 2.45) is 5.92 Å². The summed E-state index contributed by atoms with van der Waals surface area (Å²) in [5, 5.41) is 0. The molecule has 1 fully saturated rings. The third kappa shape index (κ3) is 8.71. The van der Waals surface area contributed by atoms with Gasteiger partial charge < -0.3 is 4.74 Å². The van der Waals surface area contributed by atoms with E-state index in [1.54, 1.807) is 12.1 Å². The lowest BCUT2D eigenvalue weighted by Gasteiger charge is -2.32. The van der Waals surface area contributed by atoms with Crippen molar-refractivity contribution >= 4 is 24.8 Å². The van der Waals surface area contributed by atoms with Crippen LogP contribution >= 0.6 is 24.8 Å². The van der Waals surface area contributed by atoms with Gasteiger partial charge in [-0.3, -0.25) is 9.80 Å². The second kappa shape index (κ2) is 14.7. The molecule has 3 nitrogen and oxygen atoms in total. The van der Waals surface area contributed by atoms with Crippen LogP contribution in [0.2, 0.25) is 0 Å². The number of hydrogen-bond donors (Lipinski definition) is 0. The number of nitrogens with zero attached hydrogens (tertiary/aromatic N) is 2. The van der Waals surface area contributed by atoms with E-state index in [0.717, 1.165) is 69.3 Å². The van der Waals surface area contributed by atoms with Crippen molar-refractivity contribution in [3.8, 4) is 5.75 Å². The number of ether oxygens (including phenoxy) is 1. The monoisotopic (exact) mass is 544 g/mol. The fourth-order valence-corrected chi connectivity index (χ4v) is 5.50. The predicted octanol–water partition coefficient (Wildman–Crippen LogP) is 7.30. The number of piperidine rings is 1. The molecule has 2 aliphatic heterocycles. The second-order valence-corrected chi connectivity index (χ2v) is 10.2. The lowest BCUT2D eigenvalue weighted by molar-refractivity contribution is 0.157. The van der Waals surface area contributed by atoms with Crippen molar-refractivity contribution in [3.63, 3.8) is 0 Å². The van der Waals surface area contributed by atoms with Gasteiger partial charge in [0.15, 0.2) is 0 Å². The number of hydrogen-bond acceptors (Lipinski definition) is 3. The van der Waals surface area contributed by atoms with Crippen molar-refractivity contribution in [2.45, 2.75) is 51.7 Å². The largest absolute Gasteiger partial charge is 0.494 e. The first-order valence-electron chi connectivity index (χ1n) is 13.2. The van der Waals surface area contributed by atoms with Gasteiger partial charge >= 0.3 is 0 Å². The van der Waals surface area contributed by atoms with Crippen LogP contribution in [-0.4, -0.2) is 36.0 Å². The van der Waals surface area contributed by atoms with Crippen LogP contribution in [-0.2, 0) is 26.1 Å². The molecule has 6 heteroatoms. The SMILES string of the molecule is Cl.Cl.Fc1ccc(CN2CCCc3ccc(OCCC4CCN(Cc5ccccc5)CC4)cc3C2)cc1. The maximum Gasteiger partial charge on any atom is 0.123 e. The summed E-state index contributed by atoms with van der Waals surface area (Å²) in [6.45, 7) is 7.06. The molecule has 0 saturated carbocycles. The third-order valence-electron chi connectivity index (χ3n) is 7.56. The van der Waals surface area contributed by atoms with E-state index in [1.165, 1.54) is 42.6 Å². The smallest absolute Gasteiger partial charge is 0.123 e. The van der Waals surface area contributed by atoms with Crippen molar-refractivity contribution in [2.75, 3.05) is 26.2 Å². The molecule has 0 aliphatic carbocycles. The van der Waals surface area contributed by atoms with Gasteiger partial charge in [0.05, 0.1) is 6.61 Å². The van der Waals surface area contributed by atoms with E-state index in [9.17, 15) is 4.39 Å². The fraction of sp³-hybridized carbons (Fsp3) is 0.419. The average Bonchev–Trinajstić information content (AvgIpc) is 3.08. The molecule has 3 aromatic rings. The maximum absolute atomic E-state index is 13.3. The Balaban J connectivity index is 0.00000190. The lowest BCUT2D eigenvalue weighted by Crippen LogP contribution is -2.33. The van der Waals surface area contributed by atoms with Crippen LogP contribution in [0.3, 0.4) is 0 Å². The highest BCUT2D eigenvalue weighted by Gasteiger charge is 2.20. The molecule has 5 rings (SSSR count). The molecule has 0 amide bonds. The molecule has 3 aromatic carbocycles. The second-order valence-electron chi connectivity index (χ2n) is 10.2. The molecule has 0 spiro atoms. The Kier molecular flexibility index (Phi) is 11.7. The minimum absolute atomic E-state index is 0. The normalized spacial score (nSPS) is 16.7. The van der Waals surface area contributed by atoms with E-state index in [-0.39, 0.29) is 30.6 Å². The van der Waals surface area contributed by atoms with Gasteiger partial charge in [0.1, 0.15) is 11.6 Å². The van der Waals surface area contributed by atoms with Crippen molar-refractivity contribution < 1.29 is 9.13 Å². The van der Waals surface area contributed by atoms with Crippen LogP contribution in [0.4, 0.5) is 4.39 Å². The van der Waals surface area contributed by atoms with Crippen molar-refractivity contribution in [1.82, 2.24) is 9.80 Å². The zero-order valence-corrected chi connectivity index (χ0v) is 23.1. The molecule has 2 heterocycles. The Morgan fingerprint density at radius 2 is 1.46 bits per heavy atom. The lowest BCUT2D eigenvalue weighted by atomic mass is 9.93. The number of fused-ring (bicyclic) bond motifs is 1. The first-order chi connectivity index (χ1) is 17.2. The molecule has 37 heavy (non-hydrogen) atoms. The number of likely N-dealkylation sites (tertiary alicyclic amines) is 1. The highest BCUT2D eigenvalue weighted by molar-refractivity contribution is 5.85. The summed E-state index contributed by atoms with van der Waals surface area (Å²) in [5.74, 6) is 1.58. The third-order valence-corrected chi connectivity index (χ3v) is 7.56. The topological polar surface area (TPSA) is 15.7 Å². The summed E-state index contributed by atoms with van der Waals surface area (Å²) in [5.41, 5.74) is 5.38. The predicted molar refractivity (Wildman–Crippen MR) is 154 cm³/mol.